The van der Waals surface area contributed by atoms with Gasteiger partial charge in [-0.25, -0.2) is 0 Å². The van der Waals surface area contributed by atoms with Gasteiger partial charge in [0, 0.05) is 5.41 Å². The second-order valence-corrected chi connectivity index (χ2v) is 9.31. The number of benzene rings is 1. The van der Waals surface area contributed by atoms with Crippen molar-refractivity contribution in [2.45, 2.75) is 57.0 Å². The summed E-state index contributed by atoms with van der Waals surface area (Å²) in [6, 6.07) is 5.26. The van der Waals surface area contributed by atoms with E-state index in [1.165, 1.54) is 5.56 Å². The van der Waals surface area contributed by atoms with Crippen LogP contribution in [0.15, 0.2) is 18.2 Å². The van der Waals surface area contributed by atoms with Crippen LogP contribution in [0.3, 0.4) is 0 Å². The number of aliphatic hydroxyl groups is 1. The third-order valence-electron chi connectivity index (χ3n) is 7.29. The normalized spacial score (nSPS) is 38.6. The van der Waals surface area contributed by atoms with E-state index >= 15 is 0 Å². The lowest BCUT2D eigenvalue weighted by Gasteiger charge is -2.52. The molecular formula is C20H24O5S. The molecule has 0 spiro atoms. The minimum atomic E-state index is -4.51. The topological polar surface area (TPSA) is 83.8 Å². The largest absolute Gasteiger partial charge is 0.446 e. The molecule has 2 fully saturated rings. The van der Waals surface area contributed by atoms with E-state index in [2.05, 4.69) is 17.0 Å². The van der Waals surface area contributed by atoms with Crippen molar-refractivity contribution in [2.24, 2.45) is 17.3 Å². The first-order valence-electron chi connectivity index (χ1n) is 9.17. The summed E-state index contributed by atoms with van der Waals surface area (Å²) in [5, 5.41) is 11.0. The molecule has 5 atom stereocenters. The van der Waals surface area contributed by atoms with Crippen molar-refractivity contribution in [3.05, 3.63) is 29.3 Å². The summed E-state index contributed by atoms with van der Waals surface area (Å²) in [6.45, 7) is 2.15. The molecule has 1 aromatic rings. The Labute approximate surface area is 154 Å². The summed E-state index contributed by atoms with van der Waals surface area (Å²) < 4.78 is 35.4. The predicted molar refractivity (Wildman–Crippen MR) is 97.0 cm³/mol. The molecule has 0 saturated heterocycles. The first-order valence-corrected chi connectivity index (χ1v) is 10.5. The molecule has 0 aromatic heterocycles. The molecule has 1 unspecified atom stereocenters. The molecule has 0 heterocycles. The Kier molecular flexibility index (Phi) is 3.93. The Bertz CT molecular complexity index is 886. The van der Waals surface area contributed by atoms with Crippen molar-refractivity contribution >= 4 is 10.4 Å². The number of fused-ring (bicyclic) bond motifs is 5. The molecule has 0 radical (unpaired) electrons. The van der Waals surface area contributed by atoms with Gasteiger partial charge in [-0.3, -0.25) is 4.55 Å². The first kappa shape index (κ1) is 17.8. The van der Waals surface area contributed by atoms with E-state index in [0.29, 0.717) is 24.2 Å². The fraction of sp³-hybridized carbons (Fsp3) is 0.600. The van der Waals surface area contributed by atoms with Crippen LogP contribution in [0.2, 0.25) is 0 Å². The van der Waals surface area contributed by atoms with Crippen LogP contribution in [0, 0.1) is 29.6 Å². The SMILES string of the molecule is C#CC1(O)CC[C@H]2[C@@H]3CCc4cc(OS(=O)(=O)O)ccc4[C@H]3CC[C@@]21C. The lowest BCUT2D eigenvalue weighted by Crippen LogP contribution is -2.50. The second kappa shape index (κ2) is 5.72. The summed E-state index contributed by atoms with van der Waals surface area (Å²) in [6.07, 6.45) is 11.0. The first-order chi connectivity index (χ1) is 12.2. The number of hydrogen-bond donors (Lipinski definition) is 2. The predicted octanol–water partition coefficient (Wildman–Crippen LogP) is 3.09. The molecule has 2 saturated carbocycles. The Balaban J connectivity index is 1.65. The zero-order valence-corrected chi connectivity index (χ0v) is 15.6. The minimum absolute atomic E-state index is 0.146. The van der Waals surface area contributed by atoms with Crippen LogP contribution >= 0.6 is 0 Å². The van der Waals surface area contributed by atoms with Gasteiger partial charge in [0.15, 0.2) is 0 Å². The van der Waals surface area contributed by atoms with Gasteiger partial charge in [-0.1, -0.05) is 18.9 Å². The average molecular weight is 376 g/mol. The van der Waals surface area contributed by atoms with Gasteiger partial charge < -0.3 is 9.29 Å². The number of rotatable bonds is 2. The van der Waals surface area contributed by atoms with Crippen LogP contribution < -0.4 is 4.18 Å². The number of hydrogen-bond acceptors (Lipinski definition) is 4. The van der Waals surface area contributed by atoms with E-state index in [0.717, 1.165) is 37.7 Å². The van der Waals surface area contributed by atoms with Crippen LogP contribution in [0.4, 0.5) is 0 Å². The molecule has 140 valence electrons. The van der Waals surface area contributed by atoms with E-state index in [-0.39, 0.29) is 11.2 Å². The van der Waals surface area contributed by atoms with E-state index in [9.17, 15) is 13.5 Å². The van der Waals surface area contributed by atoms with Gasteiger partial charge in [0.1, 0.15) is 11.4 Å². The molecule has 0 amide bonds. The van der Waals surface area contributed by atoms with Crippen molar-refractivity contribution in [3.63, 3.8) is 0 Å². The highest BCUT2D eigenvalue weighted by Crippen LogP contribution is 2.64. The summed E-state index contributed by atoms with van der Waals surface area (Å²) >= 11 is 0. The van der Waals surface area contributed by atoms with Crippen molar-refractivity contribution < 1.29 is 22.3 Å². The fourth-order valence-corrected chi connectivity index (χ4v) is 6.33. The van der Waals surface area contributed by atoms with Gasteiger partial charge in [0.05, 0.1) is 0 Å². The highest BCUT2D eigenvalue weighted by molar-refractivity contribution is 7.81. The summed E-state index contributed by atoms with van der Waals surface area (Å²) in [5.74, 6) is 4.12. The summed E-state index contributed by atoms with van der Waals surface area (Å²) in [7, 11) is -4.51. The van der Waals surface area contributed by atoms with Gasteiger partial charge in [-0.15, -0.1) is 6.42 Å². The summed E-state index contributed by atoms with van der Waals surface area (Å²) in [4.78, 5) is 0. The zero-order valence-electron chi connectivity index (χ0n) is 14.8. The fourth-order valence-electron chi connectivity index (χ4n) is 5.99. The highest BCUT2D eigenvalue weighted by Gasteiger charge is 2.61. The van der Waals surface area contributed by atoms with Crippen LogP contribution in [0.1, 0.15) is 56.1 Å². The maximum absolute atomic E-state index is 11.0. The molecule has 5 nitrogen and oxygen atoms in total. The van der Waals surface area contributed by atoms with Gasteiger partial charge in [0.25, 0.3) is 0 Å². The van der Waals surface area contributed by atoms with Crippen molar-refractivity contribution in [2.75, 3.05) is 0 Å². The summed E-state index contributed by atoms with van der Waals surface area (Å²) in [5.41, 5.74) is 1.09. The van der Waals surface area contributed by atoms with Gasteiger partial charge in [-0.2, -0.15) is 8.42 Å². The number of aryl methyl sites for hydroxylation is 1. The van der Waals surface area contributed by atoms with Crippen LogP contribution in [-0.4, -0.2) is 23.7 Å². The molecule has 0 bridgehead atoms. The third kappa shape index (κ3) is 2.57. The molecular weight excluding hydrogens is 352 g/mol. The van der Waals surface area contributed by atoms with Crippen molar-refractivity contribution in [3.8, 4) is 18.1 Å². The maximum Gasteiger partial charge on any atom is 0.446 e. The molecule has 2 N–H and O–H groups in total. The van der Waals surface area contributed by atoms with E-state index in [4.69, 9.17) is 11.0 Å². The Morgan fingerprint density at radius 3 is 2.73 bits per heavy atom. The molecule has 1 aromatic carbocycles. The highest BCUT2D eigenvalue weighted by atomic mass is 32.3. The third-order valence-corrected chi connectivity index (χ3v) is 7.69. The number of terminal acetylenes is 1. The molecule has 0 aliphatic heterocycles. The standard InChI is InChI=1S/C20H24O5S/c1-3-20(21)11-9-18-17-6-4-13-12-14(25-26(22,23)24)5-7-15(13)16(17)8-10-19(18,20)2/h1,5,7,12,16-18,21H,4,6,8-11H2,2H3,(H,22,23,24)/t16-,17-,18+,19+,20?/m1/s1. The second-order valence-electron chi connectivity index (χ2n) is 8.29. The Hall–Kier alpha value is -1.55. The molecule has 26 heavy (non-hydrogen) atoms. The van der Waals surface area contributed by atoms with Crippen molar-refractivity contribution in [1.29, 1.82) is 0 Å². The smallest absolute Gasteiger partial charge is 0.377 e. The van der Waals surface area contributed by atoms with Crippen LogP contribution in [0.5, 0.6) is 5.75 Å². The van der Waals surface area contributed by atoms with Crippen LogP contribution in [-0.2, 0) is 16.8 Å². The molecule has 3 aliphatic rings. The monoisotopic (exact) mass is 376 g/mol. The Morgan fingerprint density at radius 1 is 1.27 bits per heavy atom. The van der Waals surface area contributed by atoms with E-state index in [1.54, 1.807) is 12.1 Å². The lowest BCUT2D eigenvalue weighted by atomic mass is 9.53. The van der Waals surface area contributed by atoms with Gasteiger partial charge in [0.2, 0.25) is 0 Å². The van der Waals surface area contributed by atoms with Gasteiger partial charge in [-0.05, 0) is 79.5 Å². The molecule has 4 rings (SSSR count). The lowest BCUT2D eigenvalue weighted by molar-refractivity contribution is -0.0646. The quantitative estimate of drug-likeness (QED) is 0.612. The minimum Gasteiger partial charge on any atom is -0.377 e. The molecule has 6 heteroatoms. The van der Waals surface area contributed by atoms with E-state index < -0.39 is 16.0 Å². The van der Waals surface area contributed by atoms with Gasteiger partial charge >= 0.3 is 10.4 Å². The Morgan fingerprint density at radius 2 is 2.04 bits per heavy atom. The molecule has 3 aliphatic carbocycles. The van der Waals surface area contributed by atoms with Crippen LogP contribution in [0.25, 0.3) is 0 Å². The zero-order chi connectivity index (χ0) is 18.7. The maximum atomic E-state index is 11.0. The average Bonchev–Trinajstić information content (AvgIpc) is 2.85. The van der Waals surface area contributed by atoms with Crippen molar-refractivity contribution in [1.82, 2.24) is 0 Å². The van der Waals surface area contributed by atoms with E-state index in [1.807, 2.05) is 6.07 Å².